The van der Waals surface area contributed by atoms with Gasteiger partial charge in [0.25, 0.3) is 11.6 Å². The van der Waals surface area contributed by atoms with E-state index >= 15 is 0 Å². The summed E-state index contributed by atoms with van der Waals surface area (Å²) in [5.41, 5.74) is 0.965. The van der Waals surface area contributed by atoms with E-state index in [-0.39, 0.29) is 11.6 Å². The van der Waals surface area contributed by atoms with Crippen molar-refractivity contribution in [3.8, 4) is 0 Å². The maximum absolute atomic E-state index is 11.7. The van der Waals surface area contributed by atoms with Gasteiger partial charge in [-0.2, -0.15) is 0 Å². The fourth-order valence-electron chi connectivity index (χ4n) is 1.37. The van der Waals surface area contributed by atoms with Gasteiger partial charge in [-0.25, -0.2) is 0 Å². The van der Waals surface area contributed by atoms with Crippen molar-refractivity contribution >= 4 is 27.5 Å². The smallest absolute Gasteiger partial charge is 0.270 e. The Morgan fingerprint density at radius 2 is 2.18 bits per heavy atom. The molecule has 0 heterocycles. The van der Waals surface area contributed by atoms with Gasteiger partial charge in [-0.15, -0.1) is 0 Å². The fraction of sp³-hybridized carbons (Fsp3) is 0.364. The van der Waals surface area contributed by atoms with E-state index in [1.54, 1.807) is 13.0 Å². The van der Waals surface area contributed by atoms with Gasteiger partial charge in [0, 0.05) is 29.6 Å². The number of benzene rings is 1. The summed E-state index contributed by atoms with van der Waals surface area (Å²) < 4.78 is 0. The number of alkyl halides is 1. The Hall–Kier alpha value is -1.43. The first-order valence-electron chi connectivity index (χ1n) is 5.15. The van der Waals surface area contributed by atoms with Gasteiger partial charge in [0.15, 0.2) is 0 Å². The number of carbonyl (C=O) groups excluding carboxylic acids is 1. The molecule has 0 fully saturated rings. The second kappa shape index (κ2) is 6.34. The number of rotatable bonds is 5. The fourth-order valence-corrected chi connectivity index (χ4v) is 1.65. The molecular formula is C11H13BrN2O3. The average Bonchev–Trinajstić information content (AvgIpc) is 2.28. The Morgan fingerprint density at radius 3 is 2.76 bits per heavy atom. The van der Waals surface area contributed by atoms with Gasteiger partial charge in [0.05, 0.1) is 4.92 Å². The lowest BCUT2D eigenvalue weighted by atomic mass is 10.1. The molecule has 92 valence electrons. The standard InChI is InChI=1S/C11H13BrN2O3/c1-8-5-9(7-10(6-8)14(16)17)11(15)13-4-2-3-12/h5-7H,2-4H2,1H3,(H,13,15). The van der Waals surface area contributed by atoms with Crippen molar-refractivity contribution in [2.45, 2.75) is 13.3 Å². The van der Waals surface area contributed by atoms with Gasteiger partial charge in [-0.3, -0.25) is 14.9 Å². The number of nitro benzene ring substituents is 1. The number of hydrogen-bond donors (Lipinski definition) is 1. The molecule has 0 aliphatic carbocycles. The van der Waals surface area contributed by atoms with Gasteiger partial charge < -0.3 is 5.32 Å². The first-order chi connectivity index (χ1) is 8.04. The number of nitrogens with one attached hydrogen (secondary N) is 1. The molecule has 0 radical (unpaired) electrons. The van der Waals surface area contributed by atoms with Crippen LogP contribution in [0.25, 0.3) is 0 Å². The summed E-state index contributed by atoms with van der Waals surface area (Å²) in [6.45, 7) is 2.27. The summed E-state index contributed by atoms with van der Waals surface area (Å²) in [6.07, 6.45) is 0.819. The molecule has 1 aromatic rings. The van der Waals surface area contributed by atoms with Crippen LogP contribution in [0.1, 0.15) is 22.3 Å². The molecule has 1 amide bonds. The van der Waals surface area contributed by atoms with Crippen LogP contribution in [0, 0.1) is 17.0 Å². The molecule has 0 spiro atoms. The molecule has 0 saturated heterocycles. The zero-order valence-corrected chi connectivity index (χ0v) is 11.0. The number of halogens is 1. The summed E-state index contributed by atoms with van der Waals surface area (Å²) in [5, 5.41) is 14.2. The lowest BCUT2D eigenvalue weighted by Crippen LogP contribution is -2.24. The van der Waals surface area contributed by atoms with Gasteiger partial charge in [0.1, 0.15) is 0 Å². The molecule has 1 N–H and O–H groups in total. The monoisotopic (exact) mass is 300 g/mol. The maximum atomic E-state index is 11.7. The third-order valence-electron chi connectivity index (χ3n) is 2.13. The van der Waals surface area contributed by atoms with Crippen LogP contribution in [0.15, 0.2) is 18.2 Å². The van der Waals surface area contributed by atoms with E-state index in [0.717, 1.165) is 11.8 Å². The van der Waals surface area contributed by atoms with Crippen molar-refractivity contribution in [3.05, 3.63) is 39.4 Å². The summed E-state index contributed by atoms with van der Waals surface area (Å²) in [5.74, 6) is -0.280. The van der Waals surface area contributed by atoms with E-state index < -0.39 is 4.92 Å². The third-order valence-corrected chi connectivity index (χ3v) is 2.69. The zero-order chi connectivity index (χ0) is 12.8. The molecule has 0 atom stereocenters. The maximum Gasteiger partial charge on any atom is 0.270 e. The quantitative estimate of drug-likeness (QED) is 0.393. The summed E-state index contributed by atoms with van der Waals surface area (Å²) >= 11 is 3.26. The van der Waals surface area contributed by atoms with E-state index in [0.29, 0.717) is 17.7 Å². The van der Waals surface area contributed by atoms with Gasteiger partial charge in [-0.05, 0) is 25.0 Å². The predicted molar refractivity (Wildman–Crippen MR) is 68.6 cm³/mol. The van der Waals surface area contributed by atoms with Crippen molar-refractivity contribution in [1.82, 2.24) is 5.32 Å². The van der Waals surface area contributed by atoms with Crippen LogP contribution in [-0.2, 0) is 0 Å². The number of non-ortho nitro benzene ring substituents is 1. The van der Waals surface area contributed by atoms with Crippen LogP contribution < -0.4 is 5.32 Å². The molecular weight excluding hydrogens is 288 g/mol. The molecule has 0 aromatic heterocycles. The molecule has 0 saturated carbocycles. The van der Waals surface area contributed by atoms with Crippen LogP contribution in [0.5, 0.6) is 0 Å². The first kappa shape index (κ1) is 13.6. The van der Waals surface area contributed by atoms with Crippen molar-refractivity contribution in [1.29, 1.82) is 0 Å². The summed E-state index contributed by atoms with van der Waals surface area (Å²) in [6, 6.07) is 4.36. The second-order valence-electron chi connectivity index (χ2n) is 3.61. The Bertz CT molecular complexity index is 435. The SMILES string of the molecule is Cc1cc(C(=O)NCCCBr)cc([N+](=O)[O-])c1. The lowest BCUT2D eigenvalue weighted by molar-refractivity contribution is -0.384. The first-order valence-corrected chi connectivity index (χ1v) is 6.27. The predicted octanol–water partition coefficient (Wildman–Crippen LogP) is 2.42. The number of hydrogen-bond acceptors (Lipinski definition) is 3. The minimum absolute atomic E-state index is 0.0596. The van der Waals surface area contributed by atoms with Crippen LogP contribution in [0.3, 0.4) is 0 Å². The summed E-state index contributed by atoms with van der Waals surface area (Å²) in [7, 11) is 0. The minimum Gasteiger partial charge on any atom is -0.352 e. The van der Waals surface area contributed by atoms with E-state index in [2.05, 4.69) is 21.2 Å². The number of aryl methyl sites for hydroxylation is 1. The van der Waals surface area contributed by atoms with Crippen molar-refractivity contribution in [3.63, 3.8) is 0 Å². The molecule has 0 unspecified atom stereocenters. The Balaban J connectivity index is 2.82. The van der Waals surface area contributed by atoms with Crippen LogP contribution in [0.2, 0.25) is 0 Å². The van der Waals surface area contributed by atoms with Crippen LogP contribution >= 0.6 is 15.9 Å². The van der Waals surface area contributed by atoms with Gasteiger partial charge >= 0.3 is 0 Å². The highest BCUT2D eigenvalue weighted by Crippen LogP contribution is 2.16. The highest BCUT2D eigenvalue weighted by molar-refractivity contribution is 9.09. The normalized spacial score (nSPS) is 10.0. The molecule has 5 nitrogen and oxygen atoms in total. The molecule has 0 aliphatic heterocycles. The van der Waals surface area contributed by atoms with Crippen LogP contribution in [-0.4, -0.2) is 22.7 Å². The van der Waals surface area contributed by atoms with E-state index in [1.807, 2.05) is 0 Å². The Kier molecular flexibility index (Phi) is 5.09. The van der Waals surface area contributed by atoms with Gasteiger partial charge in [-0.1, -0.05) is 15.9 Å². The molecule has 6 heteroatoms. The molecule has 0 bridgehead atoms. The second-order valence-corrected chi connectivity index (χ2v) is 4.41. The van der Waals surface area contributed by atoms with E-state index in [1.165, 1.54) is 12.1 Å². The number of carbonyl (C=O) groups is 1. The molecule has 0 aliphatic rings. The van der Waals surface area contributed by atoms with Crippen LogP contribution in [0.4, 0.5) is 5.69 Å². The summed E-state index contributed by atoms with van der Waals surface area (Å²) in [4.78, 5) is 21.9. The number of amides is 1. The molecule has 1 aromatic carbocycles. The third kappa shape index (κ3) is 4.14. The average molecular weight is 301 g/mol. The Morgan fingerprint density at radius 1 is 1.47 bits per heavy atom. The number of nitro groups is 1. The van der Waals surface area contributed by atoms with Gasteiger partial charge in [0.2, 0.25) is 0 Å². The minimum atomic E-state index is -0.498. The largest absolute Gasteiger partial charge is 0.352 e. The van der Waals surface area contributed by atoms with Crippen molar-refractivity contribution in [2.24, 2.45) is 0 Å². The highest BCUT2D eigenvalue weighted by atomic mass is 79.9. The number of nitrogens with zero attached hydrogens (tertiary/aromatic N) is 1. The zero-order valence-electron chi connectivity index (χ0n) is 9.40. The van der Waals surface area contributed by atoms with E-state index in [9.17, 15) is 14.9 Å². The van der Waals surface area contributed by atoms with E-state index in [4.69, 9.17) is 0 Å². The van der Waals surface area contributed by atoms with Crippen molar-refractivity contribution in [2.75, 3.05) is 11.9 Å². The molecule has 1 rings (SSSR count). The Labute approximate surface area is 107 Å². The van der Waals surface area contributed by atoms with Crippen molar-refractivity contribution < 1.29 is 9.72 Å². The molecule has 17 heavy (non-hydrogen) atoms. The topological polar surface area (TPSA) is 72.2 Å². The lowest BCUT2D eigenvalue weighted by Gasteiger charge is -2.05. The highest BCUT2D eigenvalue weighted by Gasteiger charge is 2.12.